The van der Waals surface area contributed by atoms with Gasteiger partial charge in [-0.25, -0.2) is 0 Å². The minimum Gasteiger partial charge on any atom is -0.324 e. The number of aromatic nitrogens is 1. The summed E-state index contributed by atoms with van der Waals surface area (Å²) in [5.41, 5.74) is 2.79. The first kappa shape index (κ1) is 12.3. The highest BCUT2D eigenvalue weighted by Crippen LogP contribution is 2.18. The average Bonchev–Trinajstić information content (AvgIpc) is 2.41. The van der Waals surface area contributed by atoms with Gasteiger partial charge in [-0.15, -0.1) is 0 Å². The van der Waals surface area contributed by atoms with E-state index in [1.807, 2.05) is 50.2 Å². The van der Waals surface area contributed by atoms with Crippen LogP contribution < -0.4 is 5.32 Å². The van der Waals surface area contributed by atoms with Gasteiger partial charge in [-0.1, -0.05) is 30.3 Å². The summed E-state index contributed by atoms with van der Waals surface area (Å²) >= 11 is 0. The van der Waals surface area contributed by atoms with E-state index in [0.29, 0.717) is 0 Å². The van der Waals surface area contributed by atoms with Crippen molar-refractivity contribution >= 4 is 11.6 Å². The number of hydrogen-bond donors (Lipinski definition) is 1. The van der Waals surface area contributed by atoms with E-state index in [9.17, 15) is 4.79 Å². The SMILES string of the molecule is Cc1ccncc1NC(=O)C(C)c1ccccc1. The molecule has 3 heteroatoms. The van der Waals surface area contributed by atoms with Crippen LogP contribution in [0, 0.1) is 6.92 Å². The summed E-state index contributed by atoms with van der Waals surface area (Å²) in [7, 11) is 0. The van der Waals surface area contributed by atoms with E-state index in [0.717, 1.165) is 16.8 Å². The van der Waals surface area contributed by atoms with Gasteiger partial charge in [0.25, 0.3) is 0 Å². The zero-order valence-electron chi connectivity index (χ0n) is 10.6. The van der Waals surface area contributed by atoms with Gasteiger partial charge < -0.3 is 5.32 Å². The maximum absolute atomic E-state index is 12.1. The van der Waals surface area contributed by atoms with Crippen LogP contribution in [0.15, 0.2) is 48.8 Å². The summed E-state index contributed by atoms with van der Waals surface area (Å²) in [4.78, 5) is 16.1. The number of carbonyl (C=O) groups is 1. The molecule has 0 aliphatic heterocycles. The summed E-state index contributed by atoms with van der Waals surface area (Å²) in [5.74, 6) is -0.192. The molecule has 0 spiro atoms. The summed E-state index contributed by atoms with van der Waals surface area (Å²) in [6.07, 6.45) is 3.39. The van der Waals surface area contributed by atoms with Gasteiger partial charge in [0.2, 0.25) is 5.91 Å². The van der Waals surface area contributed by atoms with Crippen LogP contribution in [0.25, 0.3) is 0 Å². The largest absolute Gasteiger partial charge is 0.324 e. The summed E-state index contributed by atoms with van der Waals surface area (Å²) < 4.78 is 0. The zero-order valence-corrected chi connectivity index (χ0v) is 10.6. The van der Waals surface area contributed by atoms with Gasteiger partial charge >= 0.3 is 0 Å². The number of amides is 1. The van der Waals surface area contributed by atoms with E-state index < -0.39 is 0 Å². The first-order valence-corrected chi connectivity index (χ1v) is 5.95. The fourth-order valence-electron chi connectivity index (χ4n) is 1.73. The van der Waals surface area contributed by atoms with Gasteiger partial charge in [0.1, 0.15) is 0 Å². The van der Waals surface area contributed by atoms with Gasteiger partial charge in [-0.2, -0.15) is 0 Å². The number of carbonyl (C=O) groups excluding carboxylic acids is 1. The predicted octanol–water partition coefficient (Wildman–Crippen LogP) is 3.13. The number of hydrogen-bond acceptors (Lipinski definition) is 2. The molecule has 18 heavy (non-hydrogen) atoms. The lowest BCUT2D eigenvalue weighted by Gasteiger charge is -2.13. The maximum Gasteiger partial charge on any atom is 0.231 e. The second-order valence-corrected chi connectivity index (χ2v) is 4.31. The van der Waals surface area contributed by atoms with Crippen molar-refractivity contribution in [2.45, 2.75) is 19.8 Å². The molecule has 1 aromatic heterocycles. The molecule has 0 aliphatic rings. The summed E-state index contributed by atoms with van der Waals surface area (Å²) in [6.45, 7) is 3.85. The summed E-state index contributed by atoms with van der Waals surface area (Å²) in [6, 6.07) is 11.6. The minimum absolute atomic E-state index is 0.0164. The van der Waals surface area contributed by atoms with Crippen LogP contribution in [-0.4, -0.2) is 10.9 Å². The lowest BCUT2D eigenvalue weighted by molar-refractivity contribution is -0.117. The van der Waals surface area contributed by atoms with Gasteiger partial charge in [-0.3, -0.25) is 9.78 Å². The number of pyridine rings is 1. The number of nitrogens with one attached hydrogen (secondary N) is 1. The van der Waals surface area contributed by atoms with Gasteiger partial charge in [0.15, 0.2) is 0 Å². The van der Waals surface area contributed by atoms with Crippen molar-refractivity contribution in [3.63, 3.8) is 0 Å². The second kappa shape index (κ2) is 5.45. The van der Waals surface area contributed by atoms with Gasteiger partial charge in [0, 0.05) is 6.20 Å². The van der Waals surface area contributed by atoms with E-state index in [1.165, 1.54) is 0 Å². The number of anilines is 1. The molecule has 92 valence electrons. The fraction of sp³-hybridized carbons (Fsp3) is 0.200. The van der Waals surface area contributed by atoms with E-state index in [1.54, 1.807) is 12.4 Å². The van der Waals surface area contributed by atoms with Gasteiger partial charge in [0.05, 0.1) is 17.8 Å². The van der Waals surface area contributed by atoms with E-state index in [4.69, 9.17) is 0 Å². The Labute approximate surface area is 107 Å². The molecule has 0 aliphatic carbocycles. The molecule has 0 saturated heterocycles. The van der Waals surface area contributed by atoms with E-state index >= 15 is 0 Å². The zero-order chi connectivity index (χ0) is 13.0. The molecule has 1 atom stereocenters. The highest BCUT2D eigenvalue weighted by atomic mass is 16.1. The quantitative estimate of drug-likeness (QED) is 0.895. The van der Waals surface area contributed by atoms with Crippen molar-refractivity contribution in [3.8, 4) is 0 Å². The van der Waals surface area contributed by atoms with Crippen molar-refractivity contribution in [1.82, 2.24) is 4.98 Å². The van der Waals surface area contributed by atoms with Gasteiger partial charge in [-0.05, 0) is 31.0 Å². The molecule has 1 N–H and O–H groups in total. The minimum atomic E-state index is -0.175. The molecule has 1 unspecified atom stereocenters. The normalized spacial score (nSPS) is 11.9. The van der Waals surface area contributed by atoms with E-state index in [2.05, 4.69) is 10.3 Å². The topological polar surface area (TPSA) is 42.0 Å². The van der Waals surface area contributed by atoms with Crippen molar-refractivity contribution in [2.24, 2.45) is 0 Å². The molecule has 2 rings (SSSR count). The van der Waals surface area contributed by atoms with Crippen LogP contribution in [0.3, 0.4) is 0 Å². The smallest absolute Gasteiger partial charge is 0.231 e. The fourth-order valence-corrected chi connectivity index (χ4v) is 1.73. The van der Waals surface area contributed by atoms with Crippen LogP contribution >= 0.6 is 0 Å². The Hall–Kier alpha value is -2.16. The van der Waals surface area contributed by atoms with E-state index in [-0.39, 0.29) is 11.8 Å². The predicted molar refractivity (Wildman–Crippen MR) is 72.5 cm³/mol. The molecule has 0 saturated carbocycles. The Bertz CT molecular complexity index is 537. The molecule has 0 bridgehead atoms. The Morgan fingerprint density at radius 1 is 1.22 bits per heavy atom. The average molecular weight is 240 g/mol. The molecular weight excluding hydrogens is 224 g/mol. The molecule has 2 aromatic rings. The first-order valence-electron chi connectivity index (χ1n) is 5.95. The molecule has 1 aromatic carbocycles. The van der Waals surface area contributed by atoms with Crippen LogP contribution in [0.2, 0.25) is 0 Å². The third kappa shape index (κ3) is 2.74. The Morgan fingerprint density at radius 3 is 2.61 bits per heavy atom. The van der Waals surface area contributed by atoms with Crippen molar-refractivity contribution in [3.05, 3.63) is 59.9 Å². The number of benzene rings is 1. The standard InChI is InChI=1S/C15H16N2O/c1-11-8-9-16-10-14(11)17-15(18)12(2)13-6-4-3-5-7-13/h3-10,12H,1-2H3,(H,17,18). The monoisotopic (exact) mass is 240 g/mol. The van der Waals surface area contributed by atoms with Crippen molar-refractivity contribution in [2.75, 3.05) is 5.32 Å². The van der Waals surface area contributed by atoms with Crippen LogP contribution in [0.4, 0.5) is 5.69 Å². The molecular formula is C15H16N2O. The lowest BCUT2D eigenvalue weighted by Crippen LogP contribution is -2.19. The second-order valence-electron chi connectivity index (χ2n) is 4.31. The number of aryl methyl sites for hydroxylation is 1. The maximum atomic E-state index is 12.1. The highest BCUT2D eigenvalue weighted by molar-refractivity contribution is 5.95. The number of nitrogens with zero attached hydrogens (tertiary/aromatic N) is 1. The van der Waals surface area contributed by atoms with Crippen molar-refractivity contribution < 1.29 is 4.79 Å². The molecule has 3 nitrogen and oxygen atoms in total. The number of rotatable bonds is 3. The molecule has 1 heterocycles. The van der Waals surface area contributed by atoms with Crippen LogP contribution in [-0.2, 0) is 4.79 Å². The highest BCUT2D eigenvalue weighted by Gasteiger charge is 2.15. The first-order chi connectivity index (χ1) is 8.68. The molecule has 0 fully saturated rings. The molecule has 1 amide bonds. The third-order valence-electron chi connectivity index (χ3n) is 2.99. The van der Waals surface area contributed by atoms with Crippen molar-refractivity contribution in [1.29, 1.82) is 0 Å². The molecule has 0 radical (unpaired) electrons. The van der Waals surface area contributed by atoms with Crippen LogP contribution in [0.1, 0.15) is 24.0 Å². The third-order valence-corrected chi connectivity index (χ3v) is 2.99. The Morgan fingerprint density at radius 2 is 1.94 bits per heavy atom. The van der Waals surface area contributed by atoms with Crippen LogP contribution in [0.5, 0.6) is 0 Å². The Balaban J connectivity index is 2.12. The Kier molecular flexibility index (Phi) is 3.72. The lowest BCUT2D eigenvalue weighted by atomic mass is 10.0. The summed E-state index contributed by atoms with van der Waals surface area (Å²) in [5, 5.41) is 2.91.